The van der Waals surface area contributed by atoms with Crippen LogP contribution in [0.15, 0.2) is 24.3 Å². The van der Waals surface area contributed by atoms with Crippen LogP contribution in [0.5, 0.6) is 0 Å². The van der Waals surface area contributed by atoms with E-state index in [-0.39, 0.29) is 31.3 Å². The lowest BCUT2D eigenvalue weighted by atomic mass is 10.0. The first-order valence-electron chi connectivity index (χ1n) is 5.06. The quantitative estimate of drug-likeness (QED) is 0.747. The Morgan fingerprint density at radius 2 is 2.06 bits per heavy atom. The van der Waals surface area contributed by atoms with Gasteiger partial charge in [0.25, 0.3) is 0 Å². The molecule has 0 heterocycles. The van der Waals surface area contributed by atoms with E-state index in [0.29, 0.717) is 5.02 Å². The summed E-state index contributed by atoms with van der Waals surface area (Å²) in [5.41, 5.74) is 11.1. The van der Waals surface area contributed by atoms with Gasteiger partial charge in [0.1, 0.15) is 0 Å². The first-order valence-corrected chi connectivity index (χ1v) is 5.44. The molecule has 0 fully saturated rings. The minimum absolute atomic E-state index is 0. The van der Waals surface area contributed by atoms with Crippen LogP contribution in [0.25, 0.3) is 0 Å². The number of rotatable bonds is 5. The van der Waals surface area contributed by atoms with Crippen molar-refractivity contribution in [3.05, 3.63) is 34.9 Å². The molecule has 0 bridgehead atoms. The van der Waals surface area contributed by atoms with Crippen LogP contribution >= 0.6 is 24.0 Å². The lowest BCUT2D eigenvalue weighted by molar-refractivity contribution is -0.121. The van der Waals surface area contributed by atoms with Gasteiger partial charge in [0.05, 0.1) is 19.0 Å². The maximum Gasteiger partial charge on any atom is 0.234 e. The van der Waals surface area contributed by atoms with Crippen molar-refractivity contribution in [3.63, 3.8) is 0 Å². The van der Waals surface area contributed by atoms with Crippen molar-refractivity contribution in [2.75, 3.05) is 6.54 Å². The molecule has 100 valence electrons. The van der Waals surface area contributed by atoms with E-state index in [2.05, 4.69) is 5.32 Å². The van der Waals surface area contributed by atoms with Crippen molar-refractivity contribution in [1.29, 1.82) is 0 Å². The Labute approximate surface area is 116 Å². The molecule has 1 atom stereocenters. The third-order valence-electron chi connectivity index (χ3n) is 2.18. The highest BCUT2D eigenvalue weighted by Crippen LogP contribution is 2.20. The third kappa shape index (κ3) is 5.35. The molecule has 0 aliphatic carbocycles. The number of nitrogens with two attached hydrogens (primary N) is 2. The number of primary amides is 1. The number of amides is 2. The molecular formula is C11H15Cl2N3O2. The Balaban J connectivity index is 0.00000289. The predicted octanol–water partition coefficient (Wildman–Crippen LogP) is 0.753. The number of hydrogen-bond donors (Lipinski definition) is 3. The molecular weight excluding hydrogens is 277 g/mol. The molecule has 0 radical (unpaired) electrons. The van der Waals surface area contributed by atoms with E-state index < -0.39 is 11.9 Å². The van der Waals surface area contributed by atoms with E-state index in [9.17, 15) is 9.59 Å². The molecule has 0 spiro atoms. The topological polar surface area (TPSA) is 98.2 Å². The minimum Gasteiger partial charge on any atom is -0.370 e. The van der Waals surface area contributed by atoms with Gasteiger partial charge in [-0.05, 0) is 17.7 Å². The van der Waals surface area contributed by atoms with E-state index in [1.165, 1.54) is 0 Å². The zero-order valence-electron chi connectivity index (χ0n) is 9.56. The van der Waals surface area contributed by atoms with E-state index >= 15 is 0 Å². The second kappa shape index (κ2) is 7.92. The molecule has 0 saturated heterocycles. The second-order valence-corrected chi connectivity index (χ2v) is 3.99. The average Bonchev–Trinajstić information content (AvgIpc) is 2.27. The minimum atomic E-state index is -0.507. The molecule has 1 aromatic rings. The van der Waals surface area contributed by atoms with Crippen LogP contribution in [0.2, 0.25) is 5.02 Å². The predicted molar refractivity (Wildman–Crippen MR) is 72.4 cm³/mol. The van der Waals surface area contributed by atoms with Gasteiger partial charge >= 0.3 is 0 Å². The van der Waals surface area contributed by atoms with Crippen molar-refractivity contribution in [1.82, 2.24) is 5.32 Å². The largest absolute Gasteiger partial charge is 0.370 e. The fraction of sp³-hybridized carbons (Fsp3) is 0.273. The van der Waals surface area contributed by atoms with E-state index in [4.69, 9.17) is 23.1 Å². The number of halogens is 2. The van der Waals surface area contributed by atoms with Gasteiger partial charge in [-0.2, -0.15) is 0 Å². The smallest absolute Gasteiger partial charge is 0.234 e. The van der Waals surface area contributed by atoms with E-state index in [0.717, 1.165) is 5.56 Å². The summed E-state index contributed by atoms with van der Waals surface area (Å²) in [4.78, 5) is 22.2. The normalized spacial score (nSPS) is 11.2. The standard InChI is InChI=1S/C11H14ClN3O2.ClH/c12-8-3-1-2-7(4-8)9(5-10(14)16)15-11(17)6-13;/h1-4,9H,5-6,13H2,(H2,14,16)(H,15,17);1H/t9-;/m1./s1. The Morgan fingerprint density at radius 3 is 2.56 bits per heavy atom. The summed E-state index contributed by atoms with van der Waals surface area (Å²) >= 11 is 5.84. The highest BCUT2D eigenvalue weighted by molar-refractivity contribution is 6.30. The maximum absolute atomic E-state index is 11.2. The summed E-state index contributed by atoms with van der Waals surface area (Å²) < 4.78 is 0. The van der Waals surface area contributed by atoms with Gasteiger partial charge in [-0.1, -0.05) is 23.7 Å². The Morgan fingerprint density at radius 1 is 1.39 bits per heavy atom. The molecule has 0 aliphatic heterocycles. The van der Waals surface area contributed by atoms with E-state index in [1.807, 2.05) is 0 Å². The molecule has 18 heavy (non-hydrogen) atoms. The molecule has 2 amide bonds. The highest BCUT2D eigenvalue weighted by atomic mass is 35.5. The van der Waals surface area contributed by atoms with Crippen molar-refractivity contribution in [2.45, 2.75) is 12.5 Å². The van der Waals surface area contributed by atoms with Crippen molar-refractivity contribution in [3.8, 4) is 0 Å². The molecule has 0 unspecified atom stereocenters. The zero-order chi connectivity index (χ0) is 12.8. The van der Waals surface area contributed by atoms with Gasteiger partial charge in [-0.25, -0.2) is 0 Å². The lowest BCUT2D eigenvalue weighted by Crippen LogP contribution is -2.35. The van der Waals surface area contributed by atoms with Gasteiger partial charge in [0.15, 0.2) is 0 Å². The van der Waals surface area contributed by atoms with Gasteiger partial charge in [0.2, 0.25) is 11.8 Å². The van der Waals surface area contributed by atoms with E-state index in [1.54, 1.807) is 24.3 Å². The van der Waals surface area contributed by atoms with Gasteiger partial charge in [-0.15, -0.1) is 12.4 Å². The van der Waals surface area contributed by atoms with Crippen LogP contribution in [0.4, 0.5) is 0 Å². The summed E-state index contributed by atoms with van der Waals surface area (Å²) in [5, 5.41) is 3.14. The first-order chi connectivity index (χ1) is 8.02. The Bertz CT molecular complexity index is 427. The molecule has 0 aromatic heterocycles. The van der Waals surface area contributed by atoms with Crippen LogP contribution in [0, 0.1) is 0 Å². The molecule has 5 nitrogen and oxygen atoms in total. The van der Waals surface area contributed by atoms with Gasteiger partial charge in [0, 0.05) is 5.02 Å². The summed E-state index contributed by atoms with van der Waals surface area (Å²) in [6.07, 6.45) is 0.00603. The van der Waals surface area contributed by atoms with Crippen molar-refractivity contribution < 1.29 is 9.59 Å². The Kier molecular flexibility index (Phi) is 7.35. The van der Waals surface area contributed by atoms with Crippen LogP contribution in [-0.2, 0) is 9.59 Å². The van der Waals surface area contributed by atoms with Gasteiger partial charge in [-0.3, -0.25) is 9.59 Å². The fourth-order valence-corrected chi connectivity index (χ4v) is 1.63. The Hall–Kier alpha value is -1.30. The number of benzene rings is 1. The van der Waals surface area contributed by atoms with Crippen LogP contribution in [-0.4, -0.2) is 18.4 Å². The molecule has 7 heteroatoms. The molecule has 1 aromatic carbocycles. The van der Waals surface area contributed by atoms with Crippen molar-refractivity contribution >= 4 is 35.8 Å². The molecule has 0 aliphatic rings. The first kappa shape index (κ1) is 16.7. The third-order valence-corrected chi connectivity index (χ3v) is 2.41. The van der Waals surface area contributed by atoms with Crippen molar-refractivity contribution in [2.24, 2.45) is 11.5 Å². The fourth-order valence-electron chi connectivity index (χ4n) is 1.43. The monoisotopic (exact) mass is 291 g/mol. The molecule has 0 saturated carbocycles. The average molecular weight is 292 g/mol. The maximum atomic E-state index is 11.2. The van der Waals surface area contributed by atoms with Crippen LogP contribution in [0.1, 0.15) is 18.0 Å². The number of hydrogen-bond acceptors (Lipinski definition) is 3. The number of carbonyl (C=O) groups is 2. The highest BCUT2D eigenvalue weighted by Gasteiger charge is 2.16. The van der Waals surface area contributed by atoms with Gasteiger partial charge < -0.3 is 16.8 Å². The number of nitrogens with one attached hydrogen (secondary N) is 1. The summed E-state index contributed by atoms with van der Waals surface area (Å²) in [6.45, 7) is -0.143. The summed E-state index contributed by atoms with van der Waals surface area (Å²) in [6, 6.07) is 6.38. The second-order valence-electron chi connectivity index (χ2n) is 3.55. The van der Waals surface area contributed by atoms with Crippen LogP contribution in [0.3, 0.4) is 0 Å². The summed E-state index contributed by atoms with van der Waals surface area (Å²) in [5.74, 6) is -0.858. The molecule has 1 rings (SSSR count). The lowest BCUT2D eigenvalue weighted by Gasteiger charge is -2.17. The SMILES string of the molecule is Cl.NCC(=O)N[C@H](CC(N)=O)c1cccc(Cl)c1. The summed E-state index contributed by atoms with van der Waals surface area (Å²) in [7, 11) is 0. The molecule has 5 N–H and O–H groups in total. The number of carbonyl (C=O) groups excluding carboxylic acids is 2. The zero-order valence-corrected chi connectivity index (χ0v) is 11.1. The van der Waals surface area contributed by atoms with Crippen LogP contribution < -0.4 is 16.8 Å².